The maximum Gasteiger partial charge on any atom is 0.265 e. The Morgan fingerprint density at radius 3 is 2.29 bits per heavy atom. The van der Waals surface area contributed by atoms with E-state index >= 15 is 0 Å². The Hall–Kier alpha value is -2.83. The minimum atomic E-state index is -3.90. The summed E-state index contributed by atoms with van der Waals surface area (Å²) in [5.74, 6) is -0.389. The molecule has 0 spiro atoms. The number of hydrogen-bond donors (Lipinski definition) is 1. The number of halogens is 1. The van der Waals surface area contributed by atoms with Crippen LogP contribution in [0.5, 0.6) is 0 Å². The van der Waals surface area contributed by atoms with E-state index in [1.165, 1.54) is 0 Å². The van der Waals surface area contributed by atoms with E-state index in [2.05, 4.69) is 5.32 Å². The van der Waals surface area contributed by atoms with Gasteiger partial charge in [-0.25, -0.2) is 8.42 Å². The Bertz CT molecular complexity index is 1250. The summed E-state index contributed by atoms with van der Waals surface area (Å²) in [7, 11) is -3.90. The molecule has 5 nitrogen and oxygen atoms in total. The third kappa shape index (κ3) is 3.82. The highest BCUT2D eigenvalue weighted by Gasteiger charge is 2.36. The van der Waals surface area contributed by atoms with E-state index in [9.17, 15) is 13.2 Å². The molecule has 0 radical (unpaired) electrons. The second-order valence-electron chi connectivity index (χ2n) is 7.38. The summed E-state index contributed by atoms with van der Waals surface area (Å²) < 4.78 is 28.0. The highest BCUT2D eigenvalue weighted by molar-refractivity contribution is 7.93. The maximum atomic E-state index is 13.4. The number of sulfonamides is 1. The molecular formula is C24H23ClN2O3S. The average Bonchev–Trinajstić information content (AvgIpc) is 2.77. The van der Waals surface area contributed by atoms with Crippen LogP contribution in [0, 0.1) is 0 Å². The molecule has 3 aromatic carbocycles. The lowest BCUT2D eigenvalue weighted by Gasteiger charge is -2.31. The molecule has 3 aromatic rings. The Balaban J connectivity index is 1.74. The van der Waals surface area contributed by atoms with Crippen molar-refractivity contribution in [2.45, 2.75) is 31.6 Å². The molecule has 1 aliphatic heterocycles. The second-order valence-corrected chi connectivity index (χ2v) is 9.64. The number of benzene rings is 3. The topological polar surface area (TPSA) is 66.5 Å². The zero-order chi connectivity index (χ0) is 22.2. The van der Waals surface area contributed by atoms with Gasteiger partial charge in [-0.15, -0.1) is 0 Å². The molecule has 4 rings (SSSR count). The average molecular weight is 455 g/mol. The van der Waals surface area contributed by atoms with Gasteiger partial charge in [-0.05, 0) is 48.2 Å². The molecule has 0 fully saturated rings. The number of para-hydroxylation sites is 1. The number of fused-ring (bicyclic) bond motifs is 3. The molecule has 1 N–H and O–H groups in total. The van der Waals surface area contributed by atoms with Gasteiger partial charge in [-0.2, -0.15) is 0 Å². The maximum absolute atomic E-state index is 13.4. The van der Waals surface area contributed by atoms with E-state index in [1.807, 2.05) is 32.0 Å². The van der Waals surface area contributed by atoms with Gasteiger partial charge in [0, 0.05) is 21.8 Å². The van der Waals surface area contributed by atoms with E-state index in [1.54, 1.807) is 42.5 Å². The van der Waals surface area contributed by atoms with E-state index in [4.69, 9.17) is 11.6 Å². The van der Waals surface area contributed by atoms with Gasteiger partial charge in [0.15, 0.2) is 0 Å². The molecule has 0 atom stereocenters. The van der Waals surface area contributed by atoms with Crippen LogP contribution in [0.1, 0.15) is 25.0 Å². The zero-order valence-electron chi connectivity index (χ0n) is 17.4. The summed E-state index contributed by atoms with van der Waals surface area (Å²) >= 11 is 6.19. The van der Waals surface area contributed by atoms with Crippen molar-refractivity contribution in [1.82, 2.24) is 0 Å². The van der Waals surface area contributed by atoms with Crippen molar-refractivity contribution in [3.8, 4) is 11.1 Å². The number of amides is 1. The van der Waals surface area contributed by atoms with E-state index < -0.39 is 10.0 Å². The van der Waals surface area contributed by atoms with Crippen molar-refractivity contribution in [3.05, 3.63) is 76.8 Å². The quantitative estimate of drug-likeness (QED) is 0.570. The fourth-order valence-corrected chi connectivity index (χ4v) is 5.81. The Morgan fingerprint density at radius 1 is 0.935 bits per heavy atom. The molecular weight excluding hydrogens is 432 g/mol. The summed E-state index contributed by atoms with van der Waals surface area (Å²) in [6.07, 6.45) is 1.53. The van der Waals surface area contributed by atoms with Crippen LogP contribution in [0.2, 0.25) is 5.02 Å². The lowest BCUT2D eigenvalue weighted by molar-refractivity contribution is -0.114. The number of carbonyl (C=O) groups is 1. The van der Waals surface area contributed by atoms with E-state index in [-0.39, 0.29) is 17.3 Å². The van der Waals surface area contributed by atoms with Gasteiger partial charge in [-0.1, -0.05) is 61.8 Å². The van der Waals surface area contributed by atoms with Gasteiger partial charge in [0.25, 0.3) is 10.0 Å². The van der Waals surface area contributed by atoms with Gasteiger partial charge < -0.3 is 5.32 Å². The molecule has 160 valence electrons. The van der Waals surface area contributed by atoms with Crippen LogP contribution in [0.25, 0.3) is 11.1 Å². The molecule has 7 heteroatoms. The molecule has 0 saturated carbocycles. The van der Waals surface area contributed by atoms with Crippen molar-refractivity contribution in [2.75, 3.05) is 16.2 Å². The van der Waals surface area contributed by atoms with Crippen LogP contribution in [0.15, 0.2) is 65.6 Å². The molecule has 0 unspecified atom stereocenters. The smallest absolute Gasteiger partial charge is 0.265 e. The number of carbonyl (C=O) groups excluding carboxylic acids is 1. The normalized spacial score (nSPS) is 14.0. The molecule has 1 heterocycles. The van der Waals surface area contributed by atoms with E-state index in [0.717, 1.165) is 34.0 Å². The van der Waals surface area contributed by atoms with Crippen molar-refractivity contribution in [3.63, 3.8) is 0 Å². The predicted molar refractivity (Wildman–Crippen MR) is 125 cm³/mol. The summed E-state index contributed by atoms with van der Waals surface area (Å²) in [6, 6.07) is 17.7. The van der Waals surface area contributed by atoms with Crippen LogP contribution in [0.4, 0.5) is 11.4 Å². The monoisotopic (exact) mass is 454 g/mol. The SMILES string of the molecule is CCc1cccc(CC)c1NC(=O)CN1c2ccc(Cl)cc2-c2ccccc2S1(=O)=O. The lowest BCUT2D eigenvalue weighted by atomic mass is 10.0. The van der Waals surface area contributed by atoms with Crippen molar-refractivity contribution in [1.29, 1.82) is 0 Å². The van der Waals surface area contributed by atoms with E-state index in [0.29, 0.717) is 21.8 Å². The Kier molecular flexibility index (Phi) is 5.77. The molecule has 1 aliphatic rings. The van der Waals surface area contributed by atoms with Crippen molar-refractivity contribution < 1.29 is 13.2 Å². The van der Waals surface area contributed by atoms with Crippen LogP contribution >= 0.6 is 11.6 Å². The standard InChI is InChI=1S/C24H23ClN2O3S/c1-3-16-8-7-9-17(4-2)24(16)26-23(28)15-27-21-13-12-18(25)14-20(21)19-10-5-6-11-22(19)31(27,29)30/h5-14H,3-4,15H2,1-2H3,(H,26,28). The molecule has 0 aromatic heterocycles. The summed E-state index contributed by atoms with van der Waals surface area (Å²) in [4.78, 5) is 13.2. The van der Waals surface area contributed by atoms with Gasteiger partial charge in [0.1, 0.15) is 6.54 Å². The van der Waals surface area contributed by atoms with Crippen molar-refractivity contribution in [2.24, 2.45) is 0 Å². The largest absolute Gasteiger partial charge is 0.324 e. The molecule has 0 bridgehead atoms. The van der Waals surface area contributed by atoms with Gasteiger partial charge in [0.05, 0.1) is 10.6 Å². The molecule has 0 saturated heterocycles. The van der Waals surface area contributed by atoms with Gasteiger partial charge in [-0.3, -0.25) is 9.10 Å². The van der Waals surface area contributed by atoms with Crippen LogP contribution in [-0.2, 0) is 27.7 Å². The third-order valence-electron chi connectivity index (χ3n) is 5.52. The zero-order valence-corrected chi connectivity index (χ0v) is 18.9. The Labute approximate surface area is 187 Å². The van der Waals surface area contributed by atoms with Gasteiger partial charge >= 0.3 is 0 Å². The summed E-state index contributed by atoms with van der Waals surface area (Å²) in [5, 5.41) is 3.46. The number of hydrogen-bond acceptors (Lipinski definition) is 3. The van der Waals surface area contributed by atoms with Crippen LogP contribution in [0.3, 0.4) is 0 Å². The summed E-state index contributed by atoms with van der Waals surface area (Å²) in [6.45, 7) is 3.72. The predicted octanol–water partition coefficient (Wildman–Crippen LogP) is 5.28. The van der Waals surface area contributed by atoms with Gasteiger partial charge in [0.2, 0.25) is 5.91 Å². The van der Waals surface area contributed by atoms with Crippen LogP contribution in [-0.4, -0.2) is 20.9 Å². The summed E-state index contributed by atoms with van der Waals surface area (Å²) in [5.41, 5.74) is 4.52. The molecule has 1 amide bonds. The first kappa shape index (κ1) is 21.4. The minimum absolute atomic E-state index is 0.167. The number of nitrogens with zero attached hydrogens (tertiary/aromatic N) is 1. The molecule has 31 heavy (non-hydrogen) atoms. The van der Waals surface area contributed by atoms with Crippen LogP contribution < -0.4 is 9.62 Å². The number of aryl methyl sites for hydroxylation is 2. The van der Waals surface area contributed by atoms with Crippen molar-refractivity contribution >= 4 is 38.9 Å². The highest BCUT2D eigenvalue weighted by atomic mass is 35.5. The first-order chi connectivity index (χ1) is 14.9. The first-order valence-corrected chi connectivity index (χ1v) is 12.0. The minimum Gasteiger partial charge on any atom is -0.324 e. The fourth-order valence-electron chi connectivity index (χ4n) is 3.99. The fraction of sp³-hybridized carbons (Fsp3) is 0.208. The Morgan fingerprint density at radius 2 is 1.61 bits per heavy atom. The number of nitrogens with one attached hydrogen (secondary N) is 1. The first-order valence-electron chi connectivity index (χ1n) is 10.2. The number of anilines is 2. The third-order valence-corrected chi connectivity index (χ3v) is 7.58. The molecule has 0 aliphatic carbocycles. The second kappa shape index (κ2) is 8.36. The lowest BCUT2D eigenvalue weighted by Crippen LogP contribution is -2.40. The number of rotatable bonds is 5. The highest BCUT2D eigenvalue weighted by Crippen LogP contribution is 2.43.